The van der Waals surface area contributed by atoms with Gasteiger partial charge in [0.25, 0.3) is 5.56 Å². The van der Waals surface area contributed by atoms with E-state index in [4.69, 9.17) is 4.74 Å². The van der Waals surface area contributed by atoms with Crippen LogP contribution in [-0.2, 0) is 11.3 Å². The highest BCUT2D eigenvalue weighted by Crippen LogP contribution is 2.05. The van der Waals surface area contributed by atoms with E-state index >= 15 is 0 Å². The first-order valence-corrected chi connectivity index (χ1v) is 5.91. The fraction of sp³-hybridized carbons (Fsp3) is 0.385. The predicted octanol–water partition coefficient (Wildman–Crippen LogP) is 1.05. The van der Waals surface area contributed by atoms with Gasteiger partial charge in [0.2, 0.25) is 0 Å². The lowest BCUT2D eigenvalue weighted by molar-refractivity contribution is 0.171. The zero-order chi connectivity index (χ0) is 13.0. The van der Waals surface area contributed by atoms with Crippen LogP contribution in [0.2, 0.25) is 0 Å². The number of rotatable bonds is 5. The number of hydrogen-bond acceptors (Lipinski definition) is 4. The number of nitrogens with zero attached hydrogens (tertiary/aromatic N) is 1. The summed E-state index contributed by atoms with van der Waals surface area (Å²) < 4.78 is 5.03. The molecule has 0 radical (unpaired) electrons. The Morgan fingerprint density at radius 2 is 2.22 bits per heavy atom. The van der Waals surface area contributed by atoms with E-state index in [1.165, 1.54) is 0 Å². The minimum Gasteiger partial charge on any atom is -0.383 e. The van der Waals surface area contributed by atoms with E-state index in [2.05, 4.69) is 15.3 Å². The number of H-pyrrole nitrogens is 1. The fourth-order valence-electron chi connectivity index (χ4n) is 1.80. The maximum Gasteiger partial charge on any atom is 0.258 e. The van der Waals surface area contributed by atoms with Gasteiger partial charge in [-0.25, -0.2) is 4.98 Å². The highest BCUT2D eigenvalue weighted by atomic mass is 16.5. The average molecular weight is 247 g/mol. The molecule has 18 heavy (non-hydrogen) atoms. The van der Waals surface area contributed by atoms with Crippen LogP contribution in [0.5, 0.6) is 0 Å². The van der Waals surface area contributed by atoms with Crippen LogP contribution in [0.25, 0.3) is 10.9 Å². The van der Waals surface area contributed by atoms with Gasteiger partial charge >= 0.3 is 0 Å². The van der Waals surface area contributed by atoms with Crippen molar-refractivity contribution in [1.82, 2.24) is 15.3 Å². The van der Waals surface area contributed by atoms with Crippen LogP contribution in [0.1, 0.15) is 12.7 Å². The zero-order valence-electron chi connectivity index (χ0n) is 10.6. The molecule has 2 N–H and O–H groups in total. The van der Waals surface area contributed by atoms with Gasteiger partial charge in [-0.05, 0) is 19.1 Å². The van der Waals surface area contributed by atoms with E-state index in [1.54, 1.807) is 13.2 Å². The van der Waals surface area contributed by atoms with Crippen LogP contribution in [0.4, 0.5) is 0 Å². The predicted molar refractivity (Wildman–Crippen MR) is 70.5 cm³/mol. The maximum atomic E-state index is 11.8. The van der Waals surface area contributed by atoms with Gasteiger partial charge in [-0.15, -0.1) is 0 Å². The first kappa shape index (κ1) is 12.7. The SMILES string of the molecule is COCC(C)NCc1nc2ccccc2c(=O)[nH]1. The number of para-hydroxylation sites is 1. The molecule has 5 nitrogen and oxygen atoms in total. The molecule has 0 aliphatic carbocycles. The molecule has 1 atom stereocenters. The largest absolute Gasteiger partial charge is 0.383 e. The third kappa shape index (κ3) is 2.94. The Hall–Kier alpha value is -1.72. The number of nitrogens with one attached hydrogen (secondary N) is 2. The quantitative estimate of drug-likeness (QED) is 0.828. The lowest BCUT2D eigenvalue weighted by Crippen LogP contribution is -2.31. The molecule has 96 valence electrons. The van der Waals surface area contributed by atoms with Crippen LogP contribution < -0.4 is 10.9 Å². The van der Waals surface area contributed by atoms with Crippen molar-refractivity contribution in [1.29, 1.82) is 0 Å². The van der Waals surface area contributed by atoms with Gasteiger partial charge in [-0.2, -0.15) is 0 Å². The Bertz CT molecular complexity index is 580. The van der Waals surface area contributed by atoms with Gasteiger partial charge in [-0.1, -0.05) is 12.1 Å². The summed E-state index contributed by atoms with van der Waals surface area (Å²) in [7, 11) is 1.66. The molecule has 0 saturated carbocycles. The van der Waals surface area contributed by atoms with Crippen LogP contribution in [0.3, 0.4) is 0 Å². The monoisotopic (exact) mass is 247 g/mol. The van der Waals surface area contributed by atoms with Crippen molar-refractivity contribution < 1.29 is 4.74 Å². The smallest absolute Gasteiger partial charge is 0.258 e. The van der Waals surface area contributed by atoms with Crippen LogP contribution in [0, 0.1) is 0 Å². The maximum absolute atomic E-state index is 11.8. The molecule has 1 aromatic heterocycles. The van der Waals surface area contributed by atoms with E-state index < -0.39 is 0 Å². The molecule has 2 rings (SSSR count). The van der Waals surface area contributed by atoms with Crippen molar-refractivity contribution >= 4 is 10.9 Å². The number of hydrogen-bond donors (Lipinski definition) is 2. The molecule has 0 aliphatic heterocycles. The molecule has 2 aromatic rings. The van der Waals surface area contributed by atoms with E-state index in [-0.39, 0.29) is 11.6 Å². The van der Waals surface area contributed by atoms with Crippen molar-refractivity contribution in [2.45, 2.75) is 19.5 Å². The number of benzene rings is 1. The number of aromatic amines is 1. The molecule has 1 heterocycles. The topological polar surface area (TPSA) is 67.0 Å². The van der Waals surface area contributed by atoms with Crippen LogP contribution in [0.15, 0.2) is 29.1 Å². The van der Waals surface area contributed by atoms with E-state index in [1.807, 2.05) is 25.1 Å². The molecular weight excluding hydrogens is 230 g/mol. The molecule has 0 aliphatic rings. The average Bonchev–Trinajstić information content (AvgIpc) is 2.37. The number of methoxy groups -OCH3 is 1. The molecule has 0 amide bonds. The van der Waals surface area contributed by atoms with Gasteiger partial charge in [0.15, 0.2) is 0 Å². The Balaban J connectivity index is 2.17. The normalized spacial score (nSPS) is 12.8. The van der Waals surface area contributed by atoms with Gasteiger partial charge in [0, 0.05) is 13.2 Å². The Morgan fingerprint density at radius 1 is 1.44 bits per heavy atom. The second kappa shape index (κ2) is 5.75. The second-order valence-electron chi connectivity index (χ2n) is 4.27. The van der Waals surface area contributed by atoms with Crippen molar-refractivity contribution in [2.24, 2.45) is 0 Å². The Morgan fingerprint density at radius 3 is 3.00 bits per heavy atom. The third-order valence-corrected chi connectivity index (χ3v) is 2.70. The molecule has 0 spiro atoms. The van der Waals surface area contributed by atoms with Crippen molar-refractivity contribution in [3.05, 3.63) is 40.4 Å². The summed E-state index contributed by atoms with van der Waals surface area (Å²) in [6.45, 7) is 3.16. The zero-order valence-corrected chi connectivity index (χ0v) is 10.6. The molecule has 1 unspecified atom stereocenters. The minimum absolute atomic E-state index is 0.100. The summed E-state index contributed by atoms with van der Waals surface area (Å²) in [4.78, 5) is 19.0. The second-order valence-corrected chi connectivity index (χ2v) is 4.27. The van der Waals surface area contributed by atoms with Crippen molar-refractivity contribution in [3.63, 3.8) is 0 Å². The molecule has 5 heteroatoms. The number of aromatic nitrogens is 2. The Labute approximate surface area is 105 Å². The minimum atomic E-state index is -0.100. The van der Waals surface area contributed by atoms with Gasteiger partial charge in [-0.3, -0.25) is 4.79 Å². The van der Waals surface area contributed by atoms with Crippen molar-refractivity contribution in [3.8, 4) is 0 Å². The summed E-state index contributed by atoms with van der Waals surface area (Å²) in [6, 6.07) is 7.53. The fourth-order valence-corrected chi connectivity index (χ4v) is 1.80. The molecule has 1 aromatic carbocycles. The van der Waals surface area contributed by atoms with E-state index in [0.29, 0.717) is 24.4 Å². The van der Waals surface area contributed by atoms with E-state index in [9.17, 15) is 4.79 Å². The van der Waals surface area contributed by atoms with Crippen molar-refractivity contribution in [2.75, 3.05) is 13.7 Å². The first-order valence-electron chi connectivity index (χ1n) is 5.91. The number of fused-ring (bicyclic) bond motifs is 1. The van der Waals surface area contributed by atoms with E-state index in [0.717, 1.165) is 5.52 Å². The molecule has 0 saturated heterocycles. The molecule has 0 fully saturated rings. The summed E-state index contributed by atoms with van der Waals surface area (Å²) in [6.07, 6.45) is 0. The standard InChI is InChI=1S/C13H17N3O2/c1-9(8-18-2)14-7-12-15-11-6-4-3-5-10(11)13(17)16-12/h3-6,9,14H,7-8H2,1-2H3,(H,15,16,17). The van der Waals surface area contributed by atoms with Gasteiger partial charge < -0.3 is 15.0 Å². The number of ether oxygens (including phenoxy) is 1. The molecular formula is C13H17N3O2. The first-order chi connectivity index (χ1) is 8.70. The van der Waals surface area contributed by atoms with Crippen LogP contribution in [-0.4, -0.2) is 29.7 Å². The summed E-state index contributed by atoms with van der Waals surface area (Å²) in [5.74, 6) is 0.640. The summed E-state index contributed by atoms with van der Waals surface area (Å²) >= 11 is 0. The summed E-state index contributed by atoms with van der Waals surface area (Å²) in [5.41, 5.74) is 0.620. The lowest BCUT2D eigenvalue weighted by atomic mass is 10.2. The highest BCUT2D eigenvalue weighted by molar-refractivity contribution is 5.77. The lowest BCUT2D eigenvalue weighted by Gasteiger charge is -2.12. The summed E-state index contributed by atoms with van der Waals surface area (Å²) in [5, 5.41) is 3.85. The molecule has 0 bridgehead atoms. The highest BCUT2D eigenvalue weighted by Gasteiger charge is 2.05. The Kier molecular flexibility index (Phi) is 4.07. The third-order valence-electron chi connectivity index (χ3n) is 2.70. The van der Waals surface area contributed by atoms with Gasteiger partial charge in [0.05, 0.1) is 24.1 Å². The van der Waals surface area contributed by atoms with Gasteiger partial charge in [0.1, 0.15) is 5.82 Å². The van der Waals surface area contributed by atoms with Crippen LogP contribution >= 0.6 is 0 Å².